The number of H-pyrrole nitrogens is 1. The van der Waals surface area contributed by atoms with E-state index in [1.165, 1.54) is 38.1 Å². The molecule has 33 nitrogen and oxygen atoms in total. The second-order valence-corrected chi connectivity index (χ2v) is 30.3. The Bertz CT molecular complexity index is 4800. The number of amides is 7. The molecule has 7 aliphatic rings. The Morgan fingerprint density at radius 1 is 0.718 bits per heavy atom. The van der Waals surface area contributed by atoms with Crippen molar-refractivity contribution >= 4 is 93.3 Å². The van der Waals surface area contributed by atoms with E-state index >= 15 is 14.4 Å². The summed E-state index contributed by atoms with van der Waals surface area (Å²) in [7, 11) is 0. The van der Waals surface area contributed by atoms with Gasteiger partial charge in [-0.1, -0.05) is 80.0 Å². The number of aromatic hydroxyl groups is 3. The third kappa shape index (κ3) is 16.8. The van der Waals surface area contributed by atoms with Crippen LogP contribution in [-0.4, -0.2) is 182 Å². The molecule has 20 N–H and O–H groups in total. The van der Waals surface area contributed by atoms with Gasteiger partial charge in [0.1, 0.15) is 83.4 Å². The van der Waals surface area contributed by atoms with Gasteiger partial charge in [-0.05, 0) is 128 Å². The number of phenols is 3. The average Bonchev–Trinajstić information content (AvgIpc) is 1.06. The van der Waals surface area contributed by atoms with Crippen molar-refractivity contribution in [2.45, 2.75) is 169 Å². The summed E-state index contributed by atoms with van der Waals surface area (Å²) in [6.07, 6.45) is -17.8. The number of nitrogens with zero attached hydrogens (tertiary/aromatic N) is 1. The molecule has 0 spiro atoms. The number of primary amides is 1. The van der Waals surface area contributed by atoms with Crippen molar-refractivity contribution in [3.05, 3.63) is 140 Å². The maximum absolute atomic E-state index is 16.2. The van der Waals surface area contributed by atoms with Gasteiger partial charge in [0.15, 0.2) is 35.1 Å². The maximum Gasteiger partial charge on any atom is 0.330 e. The van der Waals surface area contributed by atoms with Crippen LogP contribution in [0.2, 0.25) is 10.0 Å². The number of aryl methyl sites for hydroxylation is 1. The number of aliphatic hydroxyl groups excluding tert-OH is 5. The first-order chi connectivity index (χ1) is 52.0. The fraction of sp³-hybridized carbons (Fsp3) is 0.392. The van der Waals surface area contributed by atoms with E-state index in [-0.39, 0.29) is 51.3 Å². The number of carboxylic acids is 1. The summed E-state index contributed by atoms with van der Waals surface area (Å²) in [4.78, 5) is 126. The van der Waals surface area contributed by atoms with Gasteiger partial charge >= 0.3 is 5.97 Å². The number of aromatic amines is 1. The number of nitrogens with one attached hydrogen (secondary N) is 7. The summed E-state index contributed by atoms with van der Waals surface area (Å²) < 4.78 is 39.8. The lowest BCUT2D eigenvalue weighted by molar-refractivity contribution is -0.329. The number of aliphatic hydroxyl groups is 5. The number of rotatable bonds is 14. The predicted molar refractivity (Wildman–Crippen MR) is 390 cm³/mol. The molecule has 2 fully saturated rings. The summed E-state index contributed by atoms with van der Waals surface area (Å²) in [6.45, 7) is 10.2. The highest BCUT2D eigenvalue weighted by atomic mass is 35.5. The topological polar surface area (TPSA) is 527 Å². The largest absolute Gasteiger partial charge is 0.508 e. The van der Waals surface area contributed by atoms with E-state index in [9.17, 15) is 69.9 Å². The first-order valence-corrected chi connectivity index (χ1v) is 36.5. The highest BCUT2D eigenvalue weighted by molar-refractivity contribution is 7.99. The number of carbonyl (C=O) groups is 8. The SMILES string of the molecule is Cc1ccc2nc(SCC3OC(Oc4c5cc6cc4Oc4ccc(cc4Cl)[C@@H](O)[C@@H](NC(=O)[C@H](C)CC(C)C)C(=O)N[C@@H](CC(N)=O)C(=O)N[C@H]6C(=O)NC4C(=O)N[C@H](C(=O)N[C@@H](C(=O)O)c6cc(O)cc(O)c6-c6cc4ccc6O)[C@H](O)c4ccc(c(Cl)c4)O5)C(OC4CC(C)(N)C(O)C(C)O4)C(O)C3O)[nH]c2c1. The molecule has 0 saturated carbocycles. The molecule has 6 aromatic carbocycles. The van der Waals surface area contributed by atoms with Crippen LogP contribution < -0.4 is 57.6 Å². The van der Waals surface area contributed by atoms with E-state index in [1.807, 2.05) is 32.9 Å². The number of fused-ring (bicyclic) bond motifs is 16. The first kappa shape index (κ1) is 79.5. The molecule has 36 heteroatoms. The number of benzene rings is 6. The lowest BCUT2D eigenvalue weighted by Gasteiger charge is -2.47. The molecule has 14 rings (SSSR count). The minimum Gasteiger partial charge on any atom is -0.508 e. The van der Waals surface area contributed by atoms with Crippen molar-refractivity contribution in [3.8, 4) is 57.1 Å². The monoisotopic (exact) mass is 1580 g/mol. The van der Waals surface area contributed by atoms with Crippen LogP contribution in [0.4, 0.5) is 0 Å². The number of hydrogen-bond donors (Lipinski definition) is 18. The van der Waals surface area contributed by atoms with Gasteiger partial charge in [-0.3, -0.25) is 33.6 Å². The van der Waals surface area contributed by atoms with Crippen LogP contribution in [0.15, 0.2) is 102 Å². The normalized spacial score (nSPS) is 28.0. The molecule has 8 heterocycles. The summed E-state index contributed by atoms with van der Waals surface area (Å²) in [6, 6.07) is 6.29. The zero-order chi connectivity index (χ0) is 79.4. The number of thioether (sulfide) groups is 1. The van der Waals surface area contributed by atoms with Gasteiger partial charge < -0.3 is 123 Å². The first-order valence-electron chi connectivity index (χ1n) is 34.8. The van der Waals surface area contributed by atoms with Crippen LogP contribution >= 0.6 is 35.0 Å². The van der Waals surface area contributed by atoms with Gasteiger partial charge in [-0.2, -0.15) is 0 Å². The molecule has 0 aliphatic carbocycles. The minimum absolute atomic E-state index is 0.0420. The van der Waals surface area contributed by atoms with Crippen molar-refractivity contribution in [2.75, 3.05) is 5.75 Å². The second kappa shape index (κ2) is 32.1. The van der Waals surface area contributed by atoms with E-state index in [0.29, 0.717) is 22.6 Å². The van der Waals surface area contributed by atoms with Gasteiger partial charge in [0.2, 0.25) is 53.4 Å². The Kier molecular flexibility index (Phi) is 23.2. The van der Waals surface area contributed by atoms with Crippen LogP contribution in [-0.2, 0) is 52.6 Å². The van der Waals surface area contributed by atoms with Crippen molar-refractivity contribution < 1.29 is 113 Å². The van der Waals surface area contributed by atoms with Crippen LogP contribution in [0.1, 0.15) is 118 Å². The Hall–Kier alpha value is -10.1. The van der Waals surface area contributed by atoms with Gasteiger partial charge in [-0.25, -0.2) is 9.78 Å². The number of carbonyl (C=O) groups excluding carboxylic acids is 7. The number of halogens is 2. The molecule has 584 valence electrons. The van der Waals surface area contributed by atoms with E-state index < -0.39 is 225 Å². The van der Waals surface area contributed by atoms with Crippen LogP contribution in [0, 0.1) is 18.8 Å². The fourth-order valence-corrected chi connectivity index (χ4v) is 15.2. The Morgan fingerprint density at radius 3 is 1.99 bits per heavy atom. The van der Waals surface area contributed by atoms with Crippen molar-refractivity contribution in [1.29, 1.82) is 0 Å². The van der Waals surface area contributed by atoms with Crippen molar-refractivity contribution in [3.63, 3.8) is 0 Å². The van der Waals surface area contributed by atoms with Crippen LogP contribution in [0.25, 0.3) is 22.2 Å². The number of ether oxygens (including phenoxy) is 6. The number of nitrogens with two attached hydrogens (primary N) is 2. The molecule has 110 heavy (non-hydrogen) atoms. The van der Waals surface area contributed by atoms with Gasteiger partial charge in [-0.15, -0.1) is 0 Å². The fourth-order valence-electron chi connectivity index (χ4n) is 13.8. The van der Waals surface area contributed by atoms with Crippen LogP contribution in [0.3, 0.4) is 0 Å². The zero-order valence-corrected chi connectivity index (χ0v) is 61.8. The van der Waals surface area contributed by atoms with Crippen molar-refractivity contribution in [2.24, 2.45) is 23.3 Å². The number of hydrogen-bond acceptors (Lipinski definition) is 25. The Labute approximate surface area is 640 Å². The molecular formula is C74H80Cl2N10O23S. The van der Waals surface area contributed by atoms with E-state index in [1.54, 1.807) is 13.0 Å². The quantitative estimate of drug-likeness (QED) is 0.0680. The smallest absolute Gasteiger partial charge is 0.330 e. The molecule has 7 aliphatic heterocycles. The van der Waals surface area contributed by atoms with Gasteiger partial charge in [0.05, 0.1) is 45.8 Å². The lowest BCUT2D eigenvalue weighted by atomic mass is 9.86. The van der Waals surface area contributed by atoms with E-state index in [4.69, 9.17) is 63.1 Å². The summed E-state index contributed by atoms with van der Waals surface area (Å²) in [5.41, 5.74) is 10.5. The molecular weight excluding hydrogens is 1500 g/mol. The Balaban J connectivity index is 1.09. The zero-order valence-electron chi connectivity index (χ0n) is 59.5. The van der Waals surface area contributed by atoms with Gasteiger partial charge in [0.25, 0.3) is 0 Å². The van der Waals surface area contributed by atoms with E-state index in [0.717, 1.165) is 71.9 Å². The predicted octanol–water partition coefficient (Wildman–Crippen LogP) is 4.14. The number of aliphatic carboxylic acids is 1. The number of aromatic nitrogens is 2. The van der Waals surface area contributed by atoms with E-state index in [2.05, 4.69) is 41.9 Å². The second-order valence-electron chi connectivity index (χ2n) is 28.5. The highest BCUT2D eigenvalue weighted by Gasteiger charge is 2.52. The maximum atomic E-state index is 16.2. The lowest BCUT2D eigenvalue weighted by Crippen LogP contribution is -2.64. The third-order valence-electron chi connectivity index (χ3n) is 19.5. The molecule has 7 amide bonds. The summed E-state index contributed by atoms with van der Waals surface area (Å²) in [5.74, 6) is -16.5. The van der Waals surface area contributed by atoms with Crippen LogP contribution in [0.5, 0.6) is 46.0 Å². The highest BCUT2D eigenvalue weighted by Crippen LogP contribution is 2.50. The molecule has 7 aromatic rings. The third-order valence-corrected chi connectivity index (χ3v) is 21.0. The molecule has 0 radical (unpaired) electrons. The molecule has 10 unspecified atom stereocenters. The van der Waals surface area contributed by atoms with Gasteiger partial charge in [0, 0.05) is 46.4 Å². The summed E-state index contributed by atoms with van der Waals surface area (Å²) in [5, 5.41) is 120. The number of carboxylic acid groups (broad SMARTS) is 1. The summed E-state index contributed by atoms with van der Waals surface area (Å²) >= 11 is 15.4. The van der Waals surface area contributed by atoms with Crippen molar-refractivity contribution in [1.82, 2.24) is 41.9 Å². The number of imidazole rings is 1. The standard InChI is InChI=1S/C74H80Cl2N10O23S/c1-27(2)15-29(4)65(96)85-56-58(91)32-9-13-45(38(75)18-32)105-47-20-34-21-48(62(47)109-72-63(108-51-25-74(6,78)64(95)30(5)104-51)61(94)60(93)49(107-72)26-110-73-80-40-11-7-28(3)16-41(40)81-73)106-46-14-10-33(19-39(46)76)59(92)57-70(101)84-55(71(102)103)37-22-35(87)23-44(89)52(37)36-17-31(8-12-43(36)88)53(67(98)86-57)83-68(99)54(34)82-66(97)42(24-50(77)90)79-69(56)100/h7-14,16-23,27,29-30,42,49,51,53-61,63-64,72,87-89,91-95H,15,24-26,78H2,1-6H3,(H2,77,90)(H,79,100)(H,80,81)(H,82,97)(H,83,99)(H,84,101)(H,85,96)(H,86,98)(H,102,103)/t29-,30?,42+,49?,51?,53?,54-,55-,56-,57+,58-,59-,60?,61?,63?,64?,72?,74?/m1/s1. The molecule has 18 atom stereocenters. The number of phenolic OH excluding ortho intramolecular Hbond substituents is 3. The molecule has 2 saturated heterocycles. The minimum atomic E-state index is -2.34. The average molecular weight is 1580 g/mol. The molecule has 11 bridgehead atoms. The molecule has 1 aromatic heterocycles. The Morgan fingerprint density at radius 2 is 1.35 bits per heavy atom.